The first-order chi connectivity index (χ1) is 13.0. The van der Waals surface area contributed by atoms with Gasteiger partial charge in [0.05, 0.1) is 6.61 Å². The van der Waals surface area contributed by atoms with Crippen LogP contribution in [-0.2, 0) is 14.3 Å². The maximum absolute atomic E-state index is 13.2. The Morgan fingerprint density at radius 3 is 2.59 bits per heavy atom. The van der Waals surface area contributed by atoms with Gasteiger partial charge in [-0.3, -0.25) is 9.59 Å². The summed E-state index contributed by atoms with van der Waals surface area (Å²) in [6.07, 6.45) is 3.26. The lowest BCUT2D eigenvalue weighted by Gasteiger charge is -2.44. The summed E-state index contributed by atoms with van der Waals surface area (Å²) in [5.74, 6) is 0.659. The van der Waals surface area contributed by atoms with Crippen molar-refractivity contribution in [2.75, 3.05) is 40.0 Å². The highest BCUT2D eigenvalue weighted by Crippen LogP contribution is 2.38. The molecule has 6 nitrogen and oxygen atoms in total. The fourth-order valence-corrected chi connectivity index (χ4v) is 4.23. The number of carbonyl (C=O) groups excluding carboxylic acids is 2. The van der Waals surface area contributed by atoms with Gasteiger partial charge in [0.25, 0.3) is 5.91 Å². The van der Waals surface area contributed by atoms with E-state index in [0.29, 0.717) is 25.4 Å². The Bertz CT molecular complexity index is 705. The average molecular weight is 374 g/mol. The maximum atomic E-state index is 13.2. The predicted octanol–water partition coefficient (Wildman–Crippen LogP) is 2.31. The van der Waals surface area contributed by atoms with E-state index in [4.69, 9.17) is 9.47 Å². The summed E-state index contributed by atoms with van der Waals surface area (Å²) in [6, 6.07) is 5.82. The van der Waals surface area contributed by atoms with Crippen LogP contribution < -0.4 is 4.74 Å². The van der Waals surface area contributed by atoms with E-state index in [2.05, 4.69) is 0 Å². The second-order valence-electron chi connectivity index (χ2n) is 7.60. The van der Waals surface area contributed by atoms with Crippen LogP contribution in [0, 0.1) is 13.8 Å². The molecule has 1 unspecified atom stereocenters. The topological polar surface area (TPSA) is 59.1 Å². The van der Waals surface area contributed by atoms with E-state index in [1.165, 1.54) is 5.56 Å². The van der Waals surface area contributed by atoms with Crippen LogP contribution in [0.4, 0.5) is 0 Å². The van der Waals surface area contributed by atoms with Crippen LogP contribution in [0.15, 0.2) is 18.2 Å². The zero-order valence-corrected chi connectivity index (χ0v) is 16.6. The molecule has 0 N–H and O–H groups in total. The molecule has 6 heteroatoms. The van der Waals surface area contributed by atoms with Gasteiger partial charge in [-0.25, -0.2) is 0 Å². The standard InChI is InChI=1S/C21H30N2O4/c1-16-6-7-18(14-17(16)2)27-15-19(24)23-11-5-9-21(23)8-4-10-22(20(21)25)12-13-26-3/h6-7,14H,4-5,8-13,15H2,1-3H3. The van der Waals surface area contributed by atoms with Crippen LogP contribution in [0.1, 0.15) is 36.8 Å². The number of amides is 2. The molecule has 1 aromatic carbocycles. The van der Waals surface area contributed by atoms with E-state index in [9.17, 15) is 9.59 Å². The van der Waals surface area contributed by atoms with Gasteiger partial charge in [0.2, 0.25) is 5.91 Å². The summed E-state index contributed by atoms with van der Waals surface area (Å²) in [6.45, 7) is 6.50. The Morgan fingerprint density at radius 2 is 1.89 bits per heavy atom. The Morgan fingerprint density at radius 1 is 1.15 bits per heavy atom. The van der Waals surface area contributed by atoms with Gasteiger partial charge in [0.1, 0.15) is 11.3 Å². The minimum atomic E-state index is -0.685. The number of ether oxygens (including phenoxy) is 2. The molecular weight excluding hydrogens is 344 g/mol. The van der Waals surface area contributed by atoms with E-state index < -0.39 is 5.54 Å². The monoisotopic (exact) mass is 374 g/mol. The zero-order chi connectivity index (χ0) is 19.4. The lowest BCUT2D eigenvalue weighted by molar-refractivity contribution is -0.156. The molecule has 2 saturated heterocycles. The van der Waals surface area contributed by atoms with Crippen LogP contribution in [0.25, 0.3) is 0 Å². The normalized spacial score (nSPS) is 22.6. The summed E-state index contributed by atoms with van der Waals surface area (Å²) in [4.78, 5) is 29.7. The minimum Gasteiger partial charge on any atom is -0.484 e. The first-order valence-electron chi connectivity index (χ1n) is 9.77. The number of methoxy groups -OCH3 is 1. The highest BCUT2D eigenvalue weighted by atomic mass is 16.5. The van der Waals surface area contributed by atoms with Gasteiger partial charge in [-0.1, -0.05) is 6.07 Å². The van der Waals surface area contributed by atoms with Crippen molar-refractivity contribution < 1.29 is 19.1 Å². The number of hydrogen-bond donors (Lipinski definition) is 0. The molecule has 2 amide bonds. The second-order valence-corrected chi connectivity index (χ2v) is 7.60. The fourth-order valence-electron chi connectivity index (χ4n) is 4.23. The summed E-state index contributed by atoms with van der Waals surface area (Å²) >= 11 is 0. The Balaban J connectivity index is 1.68. The van der Waals surface area contributed by atoms with Gasteiger partial charge >= 0.3 is 0 Å². The molecule has 2 fully saturated rings. The van der Waals surface area contributed by atoms with Crippen molar-refractivity contribution in [1.82, 2.24) is 9.80 Å². The molecule has 2 heterocycles. The number of hydrogen-bond acceptors (Lipinski definition) is 4. The number of aryl methyl sites for hydroxylation is 2. The SMILES string of the molecule is COCCN1CCCC2(CCCN2C(=O)COc2ccc(C)c(C)c2)C1=O. The molecule has 0 radical (unpaired) electrons. The Labute approximate surface area is 161 Å². The van der Waals surface area contributed by atoms with Crippen molar-refractivity contribution >= 4 is 11.8 Å². The van der Waals surface area contributed by atoms with Gasteiger partial charge < -0.3 is 19.3 Å². The largest absolute Gasteiger partial charge is 0.484 e. The molecule has 0 saturated carbocycles. The third kappa shape index (κ3) is 3.95. The second kappa shape index (κ2) is 8.30. The third-order valence-electron chi connectivity index (χ3n) is 5.90. The summed E-state index contributed by atoms with van der Waals surface area (Å²) < 4.78 is 10.9. The molecule has 1 spiro atoms. The van der Waals surface area contributed by atoms with E-state index >= 15 is 0 Å². The minimum absolute atomic E-state index is 0.0321. The Hall–Kier alpha value is -2.08. The molecular formula is C21H30N2O4. The first kappa shape index (κ1) is 19.7. The van der Waals surface area contributed by atoms with Crippen molar-refractivity contribution in [3.63, 3.8) is 0 Å². The quantitative estimate of drug-likeness (QED) is 0.767. The average Bonchev–Trinajstić information content (AvgIpc) is 3.08. The molecule has 0 bridgehead atoms. The molecule has 2 aliphatic heterocycles. The third-order valence-corrected chi connectivity index (χ3v) is 5.90. The van der Waals surface area contributed by atoms with Gasteiger partial charge in [0, 0.05) is 26.7 Å². The number of likely N-dealkylation sites (tertiary alicyclic amines) is 2. The number of rotatable bonds is 6. The fraction of sp³-hybridized carbons (Fsp3) is 0.619. The summed E-state index contributed by atoms with van der Waals surface area (Å²) in [5.41, 5.74) is 1.64. The van der Waals surface area contributed by atoms with Crippen molar-refractivity contribution in [1.29, 1.82) is 0 Å². The van der Waals surface area contributed by atoms with Crippen molar-refractivity contribution in [3.8, 4) is 5.75 Å². The smallest absolute Gasteiger partial charge is 0.261 e. The van der Waals surface area contributed by atoms with Crippen LogP contribution >= 0.6 is 0 Å². The lowest BCUT2D eigenvalue weighted by atomic mass is 9.85. The van der Waals surface area contributed by atoms with Crippen LogP contribution in [0.3, 0.4) is 0 Å². The van der Waals surface area contributed by atoms with Gasteiger partial charge in [-0.15, -0.1) is 0 Å². The predicted molar refractivity (Wildman–Crippen MR) is 103 cm³/mol. The van der Waals surface area contributed by atoms with E-state index in [0.717, 1.165) is 37.8 Å². The number of piperidine rings is 1. The molecule has 3 rings (SSSR count). The van der Waals surface area contributed by atoms with Crippen LogP contribution in [0.2, 0.25) is 0 Å². The molecule has 148 valence electrons. The van der Waals surface area contributed by atoms with Crippen LogP contribution in [-0.4, -0.2) is 67.1 Å². The summed E-state index contributed by atoms with van der Waals surface area (Å²) in [7, 11) is 1.64. The number of nitrogens with zero attached hydrogens (tertiary/aromatic N) is 2. The lowest BCUT2D eigenvalue weighted by Crippen LogP contribution is -2.62. The first-order valence-corrected chi connectivity index (χ1v) is 9.77. The van der Waals surface area contributed by atoms with E-state index in [1.54, 1.807) is 12.0 Å². The highest BCUT2D eigenvalue weighted by Gasteiger charge is 2.52. The molecule has 1 aromatic rings. The Kier molecular flexibility index (Phi) is 6.05. The number of carbonyl (C=O) groups is 2. The molecule has 27 heavy (non-hydrogen) atoms. The van der Waals surface area contributed by atoms with Gasteiger partial charge in [0.15, 0.2) is 6.61 Å². The number of benzene rings is 1. The van der Waals surface area contributed by atoms with Crippen molar-refractivity contribution in [2.45, 2.75) is 45.1 Å². The van der Waals surface area contributed by atoms with E-state index in [1.807, 2.05) is 36.9 Å². The highest BCUT2D eigenvalue weighted by molar-refractivity contribution is 5.93. The van der Waals surface area contributed by atoms with Gasteiger partial charge in [-0.05, 0) is 62.8 Å². The van der Waals surface area contributed by atoms with E-state index in [-0.39, 0.29) is 18.4 Å². The van der Waals surface area contributed by atoms with Gasteiger partial charge in [-0.2, -0.15) is 0 Å². The van der Waals surface area contributed by atoms with Crippen LogP contribution in [0.5, 0.6) is 5.75 Å². The molecule has 0 aliphatic carbocycles. The summed E-state index contributed by atoms with van der Waals surface area (Å²) in [5, 5.41) is 0. The molecule has 2 aliphatic rings. The molecule has 1 atom stereocenters. The van der Waals surface area contributed by atoms with Crippen molar-refractivity contribution in [3.05, 3.63) is 29.3 Å². The van der Waals surface area contributed by atoms with Crippen molar-refractivity contribution in [2.24, 2.45) is 0 Å². The molecule has 0 aromatic heterocycles. The zero-order valence-electron chi connectivity index (χ0n) is 16.6. The maximum Gasteiger partial charge on any atom is 0.261 e.